The lowest BCUT2D eigenvalue weighted by atomic mass is 10.5. The van der Waals surface area contributed by atoms with Crippen LogP contribution in [0.15, 0.2) is 5.11 Å². The number of hydrogen-bond donors (Lipinski definition) is 1. The predicted molar refractivity (Wildman–Crippen MR) is 68.8 cm³/mol. The van der Waals surface area contributed by atoms with Crippen molar-refractivity contribution in [2.24, 2.45) is 5.11 Å². The van der Waals surface area contributed by atoms with Gasteiger partial charge in [0, 0.05) is 4.91 Å². The first-order valence-corrected chi connectivity index (χ1v) is 7.33. The standard InChI is InChI=1S/C9H17N4O6P/c1-4-18-20(16,19-5-2)8(9(15)17-3)12-7(14)6-11-13-10/h8H,4-6H2,1-3H3,(H,12,14). The van der Waals surface area contributed by atoms with E-state index in [0.717, 1.165) is 7.11 Å². The second-order valence-corrected chi connectivity index (χ2v) is 5.37. The quantitative estimate of drug-likeness (QED) is 0.223. The Kier molecular flexibility index (Phi) is 8.58. The summed E-state index contributed by atoms with van der Waals surface area (Å²) < 4.78 is 26.9. The molecule has 114 valence electrons. The molecule has 11 heteroatoms. The number of ether oxygens (including phenoxy) is 1. The maximum atomic E-state index is 12.5. The second kappa shape index (κ2) is 9.33. The Morgan fingerprint density at radius 2 is 1.90 bits per heavy atom. The Morgan fingerprint density at radius 1 is 1.35 bits per heavy atom. The van der Waals surface area contributed by atoms with Gasteiger partial charge < -0.3 is 19.1 Å². The van der Waals surface area contributed by atoms with Crippen molar-refractivity contribution in [1.29, 1.82) is 0 Å². The van der Waals surface area contributed by atoms with E-state index in [-0.39, 0.29) is 13.2 Å². The number of nitrogens with zero attached hydrogens (tertiary/aromatic N) is 3. The van der Waals surface area contributed by atoms with Crippen molar-refractivity contribution in [1.82, 2.24) is 5.32 Å². The predicted octanol–water partition coefficient (Wildman–Crippen LogP) is 1.18. The summed E-state index contributed by atoms with van der Waals surface area (Å²) in [6, 6.07) is 0. The fraction of sp³-hybridized carbons (Fsp3) is 0.778. The minimum atomic E-state index is -3.93. The zero-order valence-electron chi connectivity index (χ0n) is 11.4. The third-order valence-electron chi connectivity index (χ3n) is 1.93. The van der Waals surface area contributed by atoms with Crippen LogP contribution in [-0.4, -0.2) is 44.5 Å². The van der Waals surface area contributed by atoms with Crippen LogP contribution in [0.5, 0.6) is 0 Å². The zero-order valence-corrected chi connectivity index (χ0v) is 12.3. The molecule has 1 amide bonds. The number of nitrogens with one attached hydrogen (secondary N) is 1. The molecule has 0 spiro atoms. The molecule has 0 bridgehead atoms. The number of amides is 1. The van der Waals surface area contributed by atoms with Crippen LogP contribution in [0, 0.1) is 0 Å². The molecule has 0 heterocycles. The first-order chi connectivity index (χ1) is 9.45. The third-order valence-corrected chi connectivity index (χ3v) is 4.14. The lowest BCUT2D eigenvalue weighted by molar-refractivity contribution is -0.143. The normalized spacial score (nSPS) is 12.2. The average Bonchev–Trinajstić information content (AvgIpc) is 2.42. The Balaban J connectivity index is 5.20. The maximum Gasteiger partial charge on any atom is 0.364 e. The third kappa shape index (κ3) is 5.58. The number of hydrogen-bond acceptors (Lipinski definition) is 7. The van der Waals surface area contributed by atoms with E-state index >= 15 is 0 Å². The van der Waals surface area contributed by atoms with Crippen LogP contribution in [-0.2, 0) is 27.9 Å². The van der Waals surface area contributed by atoms with Gasteiger partial charge in [-0.15, -0.1) is 0 Å². The summed E-state index contributed by atoms with van der Waals surface area (Å²) in [5.74, 6) is -3.41. The van der Waals surface area contributed by atoms with Crippen LogP contribution in [0.1, 0.15) is 13.8 Å². The molecule has 0 fully saturated rings. The monoisotopic (exact) mass is 308 g/mol. The van der Waals surface area contributed by atoms with E-state index in [0.29, 0.717) is 0 Å². The van der Waals surface area contributed by atoms with Crippen LogP contribution < -0.4 is 5.32 Å². The van der Waals surface area contributed by atoms with Crippen molar-refractivity contribution < 1.29 is 27.9 Å². The molecule has 0 aromatic carbocycles. The highest BCUT2D eigenvalue weighted by Gasteiger charge is 2.43. The molecule has 0 saturated carbocycles. The van der Waals surface area contributed by atoms with Gasteiger partial charge >= 0.3 is 13.6 Å². The summed E-state index contributed by atoms with van der Waals surface area (Å²) in [7, 11) is -2.86. The van der Waals surface area contributed by atoms with Gasteiger partial charge in [0.25, 0.3) is 0 Å². The highest BCUT2D eigenvalue weighted by Crippen LogP contribution is 2.52. The van der Waals surface area contributed by atoms with Gasteiger partial charge in [0.05, 0.1) is 20.3 Å². The van der Waals surface area contributed by atoms with E-state index in [4.69, 9.17) is 14.6 Å². The number of carbonyl (C=O) groups is 2. The molecule has 0 radical (unpaired) electrons. The van der Waals surface area contributed by atoms with Crippen LogP contribution in [0.25, 0.3) is 10.4 Å². The van der Waals surface area contributed by atoms with Crippen molar-refractivity contribution >= 4 is 19.5 Å². The van der Waals surface area contributed by atoms with E-state index in [1.54, 1.807) is 13.8 Å². The topological polar surface area (TPSA) is 140 Å². The Bertz CT molecular complexity index is 426. The van der Waals surface area contributed by atoms with E-state index in [2.05, 4.69) is 20.1 Å². The minimum absolute atomic E-state index is 0.0109. The highest BCUT2D eigenvalue weighted by atomic mass is 31.2. The first-order valence-electron chi connectivity index (χ1n) is 5.72. The molecule has 10 nitrogen and oxygen atoms in total. The van der Waals surface area contributed by atoms with E-state index < -0.39 is 31.8 Å². The van der Waals surface area contributed by atoms with E-state index in [1.807, 2.05) is 0 Å². The summed E-state index contributed by atoms with van der Waals surface area (Å²) in [5.41, 5.74) is 8.12. The molecular weight excluding hydrogens is 291 g/mol. The molecular formula is C9H17N4O6P. The SMILES string of the molecule is CCOP(=O)(OCC)C(NC(=O)CN=[N+]=[N-])C(=O)OC. The number of azide groups is 1. The summed E-state index contributed by atoms with van der Waals surface area (Å²) in [6.07, 6.45) is 0. The number of carbonyl (C=O) groups excluding carboxylic acids is 2. The minimum Gasteiger partial charge on any atom is -0.467 e. The van der Waals surface area contributed by atoms with Gasteiger partial charge in [0.15, 0.2) is 0 Å². The molecule has 0 rings (SSSR count). The number of esters is 1. The van der Waals surface area contributed by atoms with Gasteiger partial charge in [-0.25, -0.2) is 4.79 Å². The van der Waals surface area contributed by atoms with Gasteiger partial charge in [0.2, 0.25) is 11.7 Å². The lowest BCUT2D eigenvalue weighted by Crippen LogP contribution is -2.43. The first kappa shape index (κ1) is 18.4. The molecule has 0 aliphatic rings. The average molecular weight is 308 g/mol. The van der Waals surface area contributed by atoms with Gasteiger partial charge in [-0.1, -0.05) is 5.11 Å². The van der Waals surface area contributed by atoms with Crippen molar-refractivity contribution in [2.45, 2.75) is 19.6 Å². The molecule has 0 aliphatic carbocycles. The fourth-order valence-electron chi connectivity index (χ4n) is 1.22. The molecule has 20 heavy (non-hydrogen) atoms. The van der Waals surface area contributed by atoms with Gasteiger partial charge in [-0.05, 0) is 19.4 Å². The van der Waals surface area contributed by atoms with Crippen molar-refractivity contribution in [3.8, 4) is 0 Å². The Morgan fingerprint density at radius 3 is 2.30 bits per heavy atom. The summed E-state index contributed by atoms with van der Waals surface area (Å²) >= 11 is 0. The van der Waals surface area contributed by atoms with Crippen LogP contribution in [0.2, 0.25) is 0 Å². The van der Waals surface area contributed by atoms with E-state index in [1.165, 1.54) is 0 Å². The summed E-state index contributed by atoms with van der Waals surface area (Å²) in [6.45, 7) is 2.58. The number of rotatable bonds is 9. The summed E-state index contributed by atoms with van der Waals surface area (Å²) in [4.78, 5) is 25.5. The fourth-order valence-corrected chi connectivity index (χ4v) is 2.98. The molecule has 1 N–H and O–H groups in total. The molecule has 0 aromatic rings. The van der Waals surface area contributed by atoms with Gasteiger partial charge in [0.1, 0.15) is 6.54 Å². The largest absolute Gasteiger partial charge is 0.467 e. The van der Waals surface area contributed by atoms with Crippen LogP contribution >= 0.6 is 7.60 Å². The van der Waals surface area contributed by atoms with Crippen LogP contribution in [0.3, 0.4) is 0 Å². The van der Waals surface area contributed by atoms with E-state index in [9.17, 15) is 14.2 Å². The summed E-state index contributed by atoms with van der Waals surface area (Å²) in [5, 5.41) is 5.15. The Hall–Kier alpha value is -1.60. The van der Waals surface area contributed by atoms with Crippen molar-refractivity contribution in [3.05, 3.63) is 10.4 Å². The molecule has 0 aliphatic heterocycles. The second-order valence-electron chi connectivity index (χ2n) is 3.26. The van der Waals surface area contributed by atoms with Crippen molar-refractivity contribution in [3.63, 3.8) is 0 Å². The lowest BCUT2D eigenvalue weighted by Gasteiger charge is -2.24. The van der Waals surface area contributed by atoms with Gasteiger partial charge in [-0.2, -0.15) is 0 Å². The number of methoxy groups -OCH3 is 1. The molecule has 0 saturated heterocycles. The Labute approximate surface area is 115 Å². The zero-order chi connectivity index (χ0) is 15.6. The molecule has 1 atom stereocenters. The highest BCUT2D eigenvalue weighted by molar-refractivity contribution is 7.55. The van der Waals surface area contributed by atoms with Crippen LogP contribution in [0.4, 0.5) is 0 Å². The van der Waals surface area contributed by atoms with Gasteiger partial charge in [-0.3, -0.25) is 9.36 Å². The van der Waals surface area contributed by atoms with Crippen molar-refractivity contribution in [2.75, 3.05) is 26.9 Å². The molecule has 0 aromatic heterocycles. The smallest absolute Gasteiger partial charge is 0.364 e. The molecule has 1 unspecified atom stereocenters. The maximum absolute atomic E-state index is 12.5.